The number of nitrogens with one attached hydrogen (secondary N) is 1. The van der Waals surface area contributed by atoms with Gasteiger partial charge in [0.15, 0.2) is 0 Å². The number of hydrogen-bond donors (Lipinski definition) is 1. The highest BCUT2D eigenvalue weighted by atomic mass is 16.5. The molecule has 4 heteroatoms. The van der Waals surface area contributed by atoms with Crippen LogP contribution in [0.3, 0.4) is 0 Å². The summed E-state index contributed by atoms with van der Waals surface area (Å²) in [5, 5.41) is 3.65. The quantitative estimate of drug-likeness (QED) is 0.829. The molecule has 0 radical (unpaired) electrons. The summed E-state index contributed by atoms with van der Waals surface area (Å²) in [5.74, 6) is 0. The fourth-order valence-corrected chi connectivity index (χ4v) is 3.61. The maximum Gasteiger partial charge on any atom is 0.0630 e. The van der Waals surface area contributed by atoms with Crippen LogP contribution in [0.25, 0.3) is 0 Å². The Morgan fingerprint density at radius 2 is 2.05 bits per heavy atom. The molecule has 2 rings (SSSR count). The van der Waals surface area contributed by atoms with Crippen molar-refractivity contribution in [3.05, 3.63) is 0 Å². The smallest absolute Gasteiger partial charge is 0.0630 e. The Morgan fingerprint density at radius 3 is 2.70 bits per heavy atom. The number of piperazine rings is 1. The van der Waals surface area contributed by atoms with Gasteiger partial charge in [0.1, 0.15) is 0 Å². The number of ether oxygens (including phenoxy) is 1. The van der Waals surface area contributed by atoms with E-state index in [2.05, 4.69) is 42.8 Å². The molecule has 0 aromatic heterocycles. The summed E-state index contributed by atoms with van der Waals surface area (Å²) in [7, 11) is 1.82. The molecule has 3 unspecified atom stereocenters. The zero-order valence-electron chi connectivity index (χ0n) is 14.0. The first-order chi connectivity index (χ1) is 9.40. The van der Waals surface area contributed by atoms with Crippen molar-refractivity contribution in [2.24, 2.45) is 0 Å². The van der Waals surface area contributed by atoms with E-state index < -0.39 is 0 Å². The second kappa shape index (κ2) is 6.73. The maximum absolute atomic E-state index is 5.49. The van der Waals surface area contributed by atoms with Crippen LogP contribution in [0.4, 0.5) is 0 Å². The van der Waals surface area contributed by atoms with Crippen LogP contribution >= 0.6 is 0 Å². The number of nitrogens with zero attached hydrogens (tertiary/aromatic N) is 2. The van der Waals surface area contributed by atoms with Gasteiger partial charge in [0.05, 0.1) is 6.61 Å². The number of rotatable bonds is 5. The van der Waals surface area contributed by atoms with Crippen LogP contribution in [0.2, 0.25) is 0 Å². The molecule has 20 heavy (non-hydrogen) atoms. The minimum Gasteiger partial charge on any atom is -0.383 e. The van der Waals surface area contributed by atoms with Gasteiger partial charge in [-0.15, -0.1) is 0 Å². The van der Waals surface area contributed by atoms with Crippen molar-refractivity contribution in [1.29, 1.82) is 0 Å². The second-order valence-corrected chi connectivity index (χ2v) is 7.58. The van der Waals surface area contributed by atoms with Crippen molar-refractivity contribution in [2.45, 2.75) is 64.2 Å². The largest absolute Gasteiger partial charge is 0.383 e. The molecule has 2 aliphatic heterocycles. The van der Waals surface area contributed by atoms with Crippen LogP contribution in [-0.2, 0) is 4.74 Å². The van der Waals surface area contributed by atoms with Crippen molar-refractivity contribution >= 4 is 0 Å². The fraction of sp³-hybridized carbons (Fsp3) is 1.00. The monoisotopic (exact) mass is 283 g/mol. The van der Waals surface area contributed by atoms with Crippen molar-refractivity contribution in [3.8, 4) is 0 Å². The molecule has 2 heterocycles. The van der Waals surface area contributed by atoms with E-state index in [4.69, 9.17) is 4.74 Å². The number of fused-ring (bicyclic) bond motifs is 1. The van der Waals surface area contributed by atoms with E-state index in [1.54, 1.807) is 0 Å². The van der Waals surface area contributed by atoms with Crippen molar-refractivity contribution in [1.82, 2.24) is 15.1 Å². The summed E-state index contributed by atoms with van der Waals surface area (Å²) < 4.78 is 5.49. The molecule has 2 fully saturated rings. The van der Waals surface area contributed by atoms with E-state index in [9.17, 15) is 0 Å². The van der Waals surface area contributed by atoms with Gasteiger partial charge in [0, 0.05) is 50.4 Å². The summed E-state index contributed by atoms with van der Waals surface area (Å²) >= 11 is 0. The molecule has 2 saturated heterocycles. The Balaban J connectivity index is 1.96. The Bertz CT molecular complexity index is 303. The van der Waals surface area contributed by atoms with E-state index in [0.29, 0.717) is 12.1 Å². The summed E-state index contributed by atoms with van der Waals surface area (Å²) in [6.45, 7) is 14.6. The third-order valence-corrected chi connectivity index (χ3v) is 4.68. The van der Waals surface area contributed by atoms with Crippen molar-refractivity contribution in [2.75, 3.05) is 39.9 Å². The molecule has 0 spiro atoms. The molecule has 0 aliphatic carbocycles. The average molecular weight is 283 g/mol. The minimum absolute atomic E-state index is 0.171. The lowest BCUT2D eigenvalue weighted by molar-refractivity contribution is -0.00126. The molecule has 0 saturated carbocycles. The highest BCUT2D eigenvalue weighted by Gasteiger charge is 2.37. The lowest BCUT2D eigenvalue weighted by atomic mass is 10.0. The predicted molar refractivity (Wildman–Crippen MR) is 84.2 cm³/mol. The summed E-state index contributed by atoms with van der Waals surface area (Å²) in [6, 6.07) is 1.89. The van der Waals surface area contributed by atoms with Gasteiger partial charge in [0.2, 0.25) is 0 Å². The van der Waals surface area contributed by atoms with Crippen LogP contribution in [0.5, 0.6) is 0 Å². The summed E-state index contributed by atoms with van der Waals surface area (Å²) in [6.07, 6.45) is 2.75. The lowest BCUT2D eigenvalue weighted by Gasteiger charge is -2.46. The molecule has 3 atom stereocenters. The Hall–Kier alpha value is -0.160. The predicted octanol–water partition coefficient (Wildman–Crippen LogP) is 1.56. The van der Waals surface area contributed by atoms with Crippen molar-refractivity contribution in [3.63, 3.8) is 0 Å². The van der Waals surface area contributed by atoms with Crippen LogP contribution in [0, 0.1) is 0 Å². The Morgan fingerprint density at radius 1 is 1.30 bits per heavy atom. The first kappa shape index (κ1) is 16.2. The minimum atomic E-state index is 0.171. The van der Waals surface area contributed by atoms with Crippen molar-refractivity contribution < 1.29 is 4.74 Å². The summed E-state index contributed by atoms with van der Waals surface area (Å²) in [4.78, 5) is 5.36. The SMILES string of the molecule is COCC(CNC(C)(C)C)N1CC2CCCN2CC1C. The van der Waals surface area contributed by atoms with Gasteiger partial charge in [-0.3, -0.25) is 9.80 Å². The van der Waals surface area contributed by atoms with E-state index in [0.717, 1.165) is 19.2 Å². The molecule has 0 bridgehead atoms. The Kier molecular flexibility index (Phi) is 5.46. The van der Waals surface area contributed by atoms with Gasteiger partial charge in [-0.2, -0.15) is 0 Å². The molecule has 0 aromatic rings. The average Bonchev–Trinajstić information content (AvgIpc) is 2.79. The topological polar surface area (TPSA) is 27.7 Å². The highest BCUT2D eigenvalue weighted by molar-refractivity contribution is 4.94. The van der Waals surface area contributed by atoms with E-state index in [-0.39, 0.29) is 5.54 Å². The van der Waals surface area contributed by atoms with Crippen LogP contribution in [-0.4, -0.2) is 73.4 Å². The third kappa shape index (κ3) is 4.17. The van der Waals surface area contributed by atoms with Gasteiger partial charge in [-0.25, -0.2) is 0 Å². The molecular formula is C16H33N3O. The molecule has 1 N–H and O–H groups in total. The number of hydrogen-bond acceptors (Lipinski definition) is 4. The van der Waals surface area contributed by atoms with E-state index in [1.807, 2.05) is 7.11 Å². The standard InChI is InChI=1S/C16H33N3O/c1-13-10-18-8-6-7-14(18)11-19(13)15(12-20-5)9-17-16(2,3)4/h13-15,17H,6-12H2,1-5H3. The highest BCUT2D eigenvalue weighted by Crippen LogP contribution is 2.26. The van der Waals surface area contributed by atoms with E-state index in [1.165, 1.54) is 32.5 Å². The first-order valence-electron chi connectivity index (χ1n) is 8.14. The second-order valence-electron chi connectivity index (χ2n) is 7.58. The Labute approximate surface area is 124 Å². The zero-order valence-corrected chi connectivity index (χ0v) is 14.0. The molecule has 0 aromatic carbocycles. The van der Waals surface area contributed by atoms with Gasteiger partial charge in [-0.05, 0) is 47.1 Å². The first-order valence-corrected chi connectivity index (χ1v) is 8.14. The van der Waals surface area contributed by atoms with Crippen LogP contribution in [0.15, 0.2) is 0 Å². The summed E-state index contributed by atoms with van der Waals surface area (Å²) in [5.41, 5.74) is 0.171. The molecular weight excluding hydrogens is 250 g/mol. The van der Waals surface area contributed by atoms with Gasteiger partial charge in [-0.1, -0.05) is 0 Å². The van der Waals surface area contributed by atoms with Gasteiger partial charge < -0.3 is 10.1 Å². The zero-order chi connectivity index (χ0) is 14.8. The molecule has 118 valence electrons. The van der Waals surface area contributed by atoms with Crippen LogP contribution in [0.1, 0.15) is 40.5 Å². The lowest BCUT2D eigenvalue weighted by Crippen LogP contribution is -2.61. The fourth-order valence-electron chi connectivity index (χ4n) is 3.61. The third-order valence-electron chi connectivity index (χ3n) is 4.68. The van der Waals surface area contributed by atoms with E-state index >= 15 is 0 Å². The maximum atomic E-state index is 5.49. The van der Waals surface area contributed by atoms with Gasteiger partial charge >= 0.3 is 0 Å². The molecule has 4 nitrogen and oxygen atoms in total. The number of methoxy groups -OCH3 is 1. The van der Waals surface area contributed by atoms with Gasteiger partial charge in [0.25, 0.3) is 0 Å². The van der Waals surface area contributed by atoms with Crippen LogP contribution < -0.4 is 5.32 Å². The molecule has 2 aliphatic rings. The molecule has 0 amide bonds. The normalized spacial score (nSPS) is 30.4.